The van der Waals surface area contributed by atoms with E-state index in [2.05, 4.69) is 21.2 Å². The first-order valence-electron chi connectivity index (χ1n) is 6.16. The summed E-state index contributed by atoms with van der Waals surface area (Å²) in [5.74, 6) is -0.240. The van der Waals surface area contributed by atoms with Gasteiger partial charge in [-0.15, -0.1) is 0 Å². The van der Waals surface area contributed by atoms with E-state index in [0.29, 0.717) is 21.5 Å². The number of halogens is 2. The van der Waals surface area contributed by atoms with Gasteiger partial charge < -0.3 is 15.8 Å². The molecule has 0 aromatic heterocycles. The van der Waals surface area contributed by atoms with Crippen molar-refractivity contribution in [1.29, 1.82) is 0 Å². The fourth-order valence-electron chi connectivity index (χ4n) is 1.89. The summed E-state index contributed by atoms with van der Waals surface area (Å²) in [7, 11) is 1.57. The second-order valence-electron chi connectivity index (χ2n) is 4.37. The van der Waals surface area contributed by atoms with Crippen LogP contribution in [0.4, 0.5) is 10.1 Å². The van der Waals surface area contributed by atoms with Crippen LogP contribution in [-0.4, -0.2) is 13.0 Å². The van der Waals surface area contributed by atoms with Gasteiger partial charge in [-0.05, 0) is 42.0 Å². The minimum Gasteiger partial charge on any atom is -0.497 e. The van der Waals surface area contributed by atoms with Gasteiger partial charge in [-0.3, -0.25) is 4.79 Å². The molecule has 0 spiro atoms. The van der Waals surface area contributed by atoms with Crippen LogP contribution < -0.4 is 15.8 Å². The number of carbonyl (C=O) groups is 1. The average Bonchev–Trinajstić information content (AvgIpc) is 2.46. The summed E-state index contributed by atoms with van der Waals surface area (Å²) in [5.41, 5.74) is 6.71. The van der Waals surface area contributed by atoms with E-state index in [1.54, 1.807) is 31.4 Å². The molecular weight excluding hydrogens is 339 g/mol. The number of primary amides is 1. The highest BCUT2D eigenvalue weighted by molar-refractivity contribution is 9.10. The van der Waals surface area contributed by atoms with Crippen LogP contribution in [0.15, 0.2) is 46.9 Å². The molecule has 3 N–H and O–H groups in total. The zero-order valence-corrected chi connectivity index (χ0v) is 12.9. The Morgan fingerprint density at radius 3 is 2.48 bits per heavy atom. The first-order chi connectivity index (χ1) is 10.0. The number of nitrogens with one attached hydrogen (secondary N) is 1. The third-order valence-electron chi connectivity index (χ3n) is 2.96. The van der Waals surface area contributed by atoms with Gasteiger partial charge in [0.25, 0.3) is 0 Å². The first-order valence-corrected chi connectivity index (χ1v) is 6.95. The molecule has 2 rings (SSSR count). The Bertz CT molecular complexity index is 647. The fraction of sp³-hybridized carbons (Fsp3) is 0.133. The normalized spacial score (nSPS) is 11.8. The molecule has 0 heterocycles. The summed E-state index contributed by atoms with van der Waals surface area (Å²) in [5, 5.41) is 3.02. The molecular formula is C15H14BrFN2O2. The fourth-order valence-corrected chi connectivity index (χ4v) is 2.47. The van der Waals surface area contributed by atoms with Crippen molar-refractivity contribution in [2.75, 3.05) is 12.4 Å². The Balaban J connectivity index is 2.28. The smallest absolute Gasteiger partial charge is 0.244 e. The number of hydrogen-bond donors (Lipinski definition) is 2. The monoisotopic (exact) mass is 352 g/mol. The standard InChI is InChI=1S/C15H14BrFN2O2/c1-21-11-5-3-10(4-6-11)19-14(15(18)20)12-7-2-9(17)8-13(12)16/h2-8,14,19H,1H3,(H2,18,20). The molecule has 0 aliphatic heterocycles. The zero-order valence-electron chi connectivity index (χ0n) is 11.3. The van der Waals surface area contributed by atoms with Gasteiger partial charge in [-0.2, -0.15) is 0 Å². The van der Waals surface area contributed by atoms with Crippen molar-refractivity contribution < 1.29 is 13.9 Å². The summed E-state index contributed by atoms with van der Waals surface area (Å²) in [4.78, 5) is 11.7. The number of carbonyl (C=O) groups excluding carboxylic acids is 1. The van der Waals surface area contributed by atoms with Crippen molar-refractivity contribution in [3.63, 3.8) is 0 Å². The quantitative estimate of drug-likeness (QED) is 0.868. The largest absolute Gasteiger partial charge is 0.497 e. The van der Waals surface area contributed by atoms with Gasteiger partial charge in [0.15, 0.2) is 0 Å². The summed E-state index contributed by atoms with van der Waals surface area (Å²) in [6, 6.07) is 10.4. The van der Waals surface area contributed by atoms with Crippen LogP contribution in [0.1, 0.15) is 11.6 Å². The molecule has 0 aliphatic rings. The van der Waals surface area contributed by atoms with Crippen molar-refractivity contribution in [2.45, 2.75) is 6.04 Å². The van der Waals surface area contributed by atoms with E-state index in [4.69, 9.17) is 10.5 Å². The second kappa shape index (κ2) is 6.58. The van der Waals surface area contributed by atoms with Crippen LogP contribution in [0.2, 0.25) is 0 Å². The van der Waals surface area contributed by atoms with E-state index in [1.165, 1.54) is 18.2 Å². The van der Waals surface area contributed by atoms with E-state index in [1.807, 2.05) is 0 Å². The van der Waals surface area contributed by atoms with E-state index >= 15 is 0 Å². The van der Waals surface area contributed by atoms with Gasteiger partial charge in [0.1, 0.15) is 17.6 Å². The van der Waals surface area contributed by atoms with E-state index in [-0.39, 0.29) is 0 Å². The van der Waals surface area contributed by atoms with Crippen LogP contribution in [0.3, 0.4) is 0 Å². The van der Waals surface area contributed by atoms with Gasteiger partial charge >= 0.3 is 0 Å². The molecule has 21 heavy (non-hydrogen) atoms. The van der Waals surface area contributed by atoms with Crippen molar-refractivity contribution in [1.82, 2.24) is 0 Å². The van der Waals surface area contributed by atoms with Crippen molar-refractivity contribution in [3.05, 3.63) is 58.3 Å². The van der Waals surface area contributed by atoms with Gasteiger partial charge in [-0.1, -0.05) is 22.0 Å². The number of nitrogens with two attached hydrogens (primary N) is 1. The number of anilines is 1. The third-order valence-corrected chi connectivity index (χ3v) is 3.65. The van der Waals surface area contributed by atoms with Gasteiger partial charge in [0, 0.05) is 10.2 Å². The summed E-state index contributed by atoms with van der Waals surface area (Å²) in [6.07, 6.45) is 0. The molecule has 2 aromatic rings. The molecule has 4 nitrogen and oxygen atoms in total. The maximum absolute atomic E-state index is 13.1. The molecule has 0 saturated heterocycles. The predicted molar refractivity (Wildman–Crippen MR) is 82.7 cm³/mol. The van der Waals surface area contributed by atoms with E-state index < -0.39 is 17.8 Å². The molecule has 0 fully saturated rings. The molecule has 0 saturated carbocycles. The Labute approximate surface area is 130 Å². The number of methoxy groups -OCH3 is 1. The molecule has 1 unspecified atom stereocenters. The minimum atomic E-state index is -0.770. The number of ether oxygens (including phenoxy) is 1. The Morgan fingerprint density at radius 1 is 1.29 bits per heavy atom. The Hall–Kier alpha value is -2.08. The van der Waals surface area contributed by atoms with Crippen molar-refractivity contribution >= 4 is 27.5 Å². The van der Waals surface area contributed by atoms with Crippen LogP contribution in [-0.2, 0) is 4.79 Å². The SMILES string of the molecule is COc1ccc(NC(C(N)=O)c2ccc(F)cc2Br)cc1. The highest BCUT2D eigenvalue weighted by Crippen LogP contribution is 2.28. The molecule has 6 heteroatoms. The number of rotatable bonds is 5. The van der Waals surface area contributed by atoms with Crippen LogP contribution in [0.25, 0.3) is 0 Å². The van der Waals surface area contributed by atoms with Gasteiger partial charge in [0.2, 0.25) is 5.91 Å². The van der Waals surface area contributed by atoms with E-state index in [9.17, 15) is 9.18 Å². The Morgan fingerprint density at radius 2 is 1.95 bits per heavy atom. The first kappa shape index (κ1) is 15.3. The molecule has 1 atom stereocenters. The maximum Gasteiger partial charge on any atom is 0.244 e. The lowest BCUT2D eigenvalue weighted by Gasteiger charge is -2.18. The molecule has 0 bridgehead atoms. The van der Waals surface area contributed by atoms with Crippen molar-refractivity contribution in [2.24, 2.45) is 5.73 Å². The molecule has 0 radical (unpaired) electrons. The predicted octanol–water partition coefficient (Wildman–Crippen LogP) is 3.24. The lowest BCUT2D eigenvalue weighted by atomic mass is 10.1. The Kier molecular flexibility index (Phi) is 4.80. The molecule has 0 aliphatic carbocycles. The lowest BCUT2D eigenvalue weighted by Crippen LogP contribution is -2.28. The molecule has 2 aromatic carbocycles. The number of benzene rings is 2. The van der Waals surface area contributed by atoms with E-state index in [0.717, 1.165) is 0 Å². The third kappa shape index (κ3) is 3.72. The molecule has 1 amide bonds. The topological polar surface area (TPSA) is 64.3 Å². The van der Waals surface area contributed by atoms with Crippen LogP contribution in [0.5, 0.6) is 5.75 Å². The highest BCUT2D eigenvalue weighted by atomic mass is 79.9. The summed E-state index contributed by atoms with van der Waals surface area (Å²) >= 11 is 3.24. The number of hydrogen-bond acceptors (Lipinski definition) is 3. The summed E-state index contributed by atoms with van der Waals surface area (Å²) in [6.45, 7) is 0. The van der Waals surface area contributed by atoms with Gasteiger partial charge in [-0.25, -0.2) is 4.39 Å². The maximum atomic E-state index is 13.1. The zero-order chi connectivity index (χ0) is 15.4. The number of amides is 1. The average molecular weight is 353 g/mol. The van der Waals surface area contributed by atoms with Crippen LogP contribution >= 0.6 is 15.9 Å². The van der Waals surface area contributed by atoms with Crippen LogP contribution in [0, 0.1) is 5.82 Å². The summed E-state index contributed by atoms with van der Waals surface area (Å²) < 4.78 is 18.7. The van der Waals surface area contributed by atoms with Gasteiger partial charge in [0.05, 0.1) is 7.11 Å². The lowest BCUT2D eigenvalue weighted by molar-refractivity contribution is -0.118. The molecule has 110 valence electrons. The van der Waals surface area contributed by atoms with Crippen molar-refractivity contribution in [3.8, 4) is 5.75 Å². The highest BCUT2D eigenvalue weighted by Gasteiger charge is 2.20. The minimum absolute atomic E-state index is 0.390. The second-order valence-corrected chi connectivity index (χ2v) is 5.23.